The van der Waals surface area contributed by atoms with Crippen LogP contribution in [0.2, 0.25) is 0 Å². The maximum atomic E-state index is 6.82. The minimum atomic E-state index is 0.602. The van der Waals surface area contributed by atoms with Gasteiger partial charge in [0.25, 0.3) is 0 Å². The molecule has 262 valence electrons. The average molecular weight is 717 g/mol. The standard InChI is InChI=1S/C51H32N4O/c1-4-13-33(14-5-1)35-23-25-37(26-24-35)50-52-49(36-17-8-3-9-18-36)53-51(54-50)39-27-30-46-44(32-39)43-29-28-42-41-21-10-11-22-45(41)55(47(42)48(43)56-46)40-20-12-19-38(31-40)34-15-6-2-7-16-34/h1-32H. The predicted octanol–water partition coefficient (Wildman–Crippen LogP) is 13.2. The molecule has 56 heavy (non-hydrogen) atoms. The SMILES string of the molecule is c1ccc(-c2ccc(-c3nc(-c4ccccc4)nc(-c4ccc5oc6c(ccc7c8ccccc8n(-c8cccc(-c9ccccc9)c8)c76)c5c4)n3)cc2)cc1. The smallest absolute Gasteiger partial charge is 0.164 e. The first-order valence-corrected chi connectivity index (χ1v) is 18.8. The lowest BCUT2D eigenvalue weighted by molar-refractivity contribution is 0.671. The average Bonchev–Trinajstić information content (AvgIpc) is 3.83. The van der Waals surface area contributed by atoms with E-state index in [1.165, 1.54) is 16.5 Å². The van der Waals surface area contributed by atoms with E-state index in [1.807, 2.05) is 48.5 Å². The van der Waals surface area contributed by atoms with Gasteiger partial charge in [0.15, 0.2) is 23.1 Å². The van der Waals surface area contributed by atoms with Crippen molar-refractivity contribution in [2.24, 2.45) is 0 Å². The molecular formula is C51H32N4O. The van der Waals surface area contributed by atoms with E-state index in [0.717, 1.165) is 71.9 Å². The summed E-state index contributed by atoms with van der Waals surface area (Å²) in [4.78, 5) is 15.1. The molecule has 3 aromatic heterocycles. The Morgan fingerprint density at radius 3 is 1.57 bits per heavy atom. The van der Waals surface area contributed by atoms with Crippen LogP contribution in [0.4, 0.5) is 0 Å². The Morgan fingerprint density at radius 2 is 0.857 bits per heavy atom. The van der Waals surface area contributed by atoms with Crippen LogP contribution in [0.5, 0.6) is 0 Å². The van der Waals surface area contributed by atoms with Crippen molar-refractivity contribution in [3.63, 3.8) is 0 Å². The quantitative estimate of drug-likeness (QED) is 0.172. The molecule has 11 rings (SSSR count). The maximum Gasteiger partial charge on any atom is 0.164 e. The highest BCUT2D eigenvalue weighted by Gasteiger charge is 2.20. The highest BCUT2D eigenvalue weighted by Crippen LogP contribution is 2.41. The highest BCUT2D eigenvalue weighted by molar-refractivity contribution is 6.21. The largest absolute Gasteiger partial charge is 0.454 e. The van der Waals surface area contributed by atoms with Gasteiger partial charge in [-0.15, -0.1) is 0 Å². The number of hydrogen-bond donors (Lipinski definition) is 0. The third-order valence-corrected chi connectivity index (χ3v) is 10.7. The number of hydrogen-bond acceptors (Lipinski definition) is 4. The summed E-state index contributed by atoms with van der Waals surface area (Å²) in [7, 11) is 0. The molecule has 0 aliphatic carbocycles. The first-order valence-electron chi connectivity index (χ1n) is 18.8. The zero-order chi connectivity index (χ0) is 37.0. The van der Waals surface area contributed by atoms with E-state index in [2.05, 4.69) is 150 Å². The van der Waals surface area contributed by atoms with E-state index in [9.17, 15) is 0 Å². The predicted molar refractivity (Wildman–Crippen MR) is 229 cm³/mol. The summed E-state index contributed by atoms with van der Waals surface area (Å²) in [5.41, 5.74) is 12.3. The van der Waals surface area contributed by atoms with Crippen molar-refractivity contribution >= 4 is 43.7 Å². The molecule has 11 aromatic rings. The zero-order valence-corrected chi connectivity index (χ0v) is 30.2. The summed E-state index contributed by atoms with van der Waals surface area (Å²) in [5.74, 6) is 1.85. The lowest BCUT2D eigenvalue weighted by Crippen LogP contribution is -2.00. The fourth-order valence-electron chi connectivity index (χ4n) is 7.94. The van der Waals surface area contributed by atoms with Crippen LogP contribution in [0, 0.1) is 0 Å². The van der Waals surface area contributed by atoms with Gasteiger partial charge in [-0.25, -0.2) is 15.0 Å². The minimum absolute atomic E-state index is 0.602. The van der Waals surface area contributed by atoms with Crippen molar-refractivity contribution in [2.75, 3.05) is 0 Å². The molecule has 0 saturated heterocycles. The summed E-state index contributed by atoms with van der Waals surface area (Å²) in [6.07, 6.45) is 0. The number of nitrogens with zero attached hydrogens (tertiary/aromatic N) is 4. The van der Waals surface area contributed by atoms with Crippen LogP contribution >= 0.6 is 0 Å². The molecule has 0 unspecified atom stereocenters. The molecule has 0 fully saturated rings. The van der Waals surface area contributed by atoms with Crippen molar-refractivity contribution in [1.82, 2.24) is 19.5 Å². The second-order valence-electron chi connectivity index (χ2n) is 14.0. The summed E-state index contributed by atoms with van der Waals surface area (Å²) >= 11 is 0. The molecule has 0 radical (unpaired) electrons. The molecular weight excluding hydrogens is 685 g/mol. The van der Waals surface area contributed by atoms with Crippen molar-refractivity contribution in [3.8, 4) is 62.1 Å². The van der Waals surface area contributed by atoms with Gasteiger partial charge in [-0.05, 0) is 64.7 Å². The molecule has 0 spiro atoms. The Balaban J connectivity index is 1.08. The normalized spacial score (nSPS) is 11.6. The third-order valence-electron chi connectivity index (χ3n) is 10.7. The molecule has 5 heteroatoms. The Hall–Kier alpha value is -7.63. The lowest BCUT2D eigenvalue weighted by Gasteiger charge is -2.10. The van der Waals surface area contributed by atoms with Crippen molar-refractivity contribution in [1.29, 1.82) is 0 Å². The molecule has 0 atom stereocenters. The van der Waals surface area contributed by atoms with Crippen LogP contribution in [0.3, 0.4) is 0 Å². The van der Waals surface area contributed by atoms with Crippen LogP contribution in [0.25, 0.3) is 106 Å². The number of furan rings is 1. The summed E-state index contributed by atoms with van der Waals surface area (Å²) in [6, 6.07) is 67.4. The van der Waals surface area contributed by atoms with Gasteiger partial charge < -0.3 is 8.98 Å². The number of para-hydroxylation sites is 1. The lowest BCUT2D eigenvalue weighted by atomic mass is 10.0. The molecule has 0 aliphatic heterocycles. The molecule has 0 amide bonds. The van der Waals surface area contributed by atoms with Crippen molar-refractivity contribution in [3.05, 3.63) is 194 Å². The van der Waals surface area contributed by atoms with Gasteiger partial charge >= 0.3 is 0 Å². The molecule has 3 heterocycles. The van der Waals surface area contributed by atoms with E-state index >= 15 is 0 Å². The van der Waals surface area contributed by atoms with E-state index in [0.29, 0.717) is 17.5 Å². The molecule has 0 saturated carbocycles. The number of rotatable bonds is 6. The van der Waals surface area contributed by atoms with Crippen molar-refractivity contribution < 1.29 is 4.42 Å². The van der Waals surface area contributed by atoms with Gasteiger partial charge in [0.1, 0.15) is 5.58 Å². The number of aromatic nitrogens is 4. The van der Waals surface area contributed by atoms with Crippen LogP contribution in [0.1, 0.15) is 0 Å². The molecule has 0 bridgehead atoms. The van der Waals surface area contributed by atoms with Crippen molar-refractivity contribution in [2.45, 2.75) is 0 Å². The summed E-state index contributed by atoms with van der Waals surface area (Å²) in [6.45, 7) is 0. The van der Waals surface area contributed by atoms with Gasteiger partial charge in [0.05, 0.1) is 11.0 Å². The topological polar surface area (TPSA) is 56.7 Å². The van der Waals surface area contributed by atoms with E-state index in [-0.39, 0.29) is 0 Å². The van der Waals surface area contributed by atoms with Gasteiger partial charge in [-0.2, -0.15) is 0 Å². The van der Waals surface area contributed by atoms with Crippen LogP contribution < -0.4 is 0 Å². The van der Waals surface area contributed by atoms with E-state index in [4.69, 9.17) is 19.4 Å². The molecule has 8 aromatic carbocycles. The zero-order valence-electron chi connectivity index (χ0n) is 30.2. The molecule has 0 aliphatic rings. The highest BCUT2D eigenvalue weighted by atomic mass is 16.3. The van der Waals surface area contributed by atoms with E-state index in [1.54, 1.807) is 0 Å². The van der Waals surface area contributed by atoms with Crippen LogP contribution in [0.15, 0.2) is 199 Å². The fraction of sp³-hybridized carbons (Fsp3) is 0. The van der Waals surface area contributed by atoms with E-state index < -0.39 is 0 Å². The third kappa shape index (κ3) is 5.37. The fourth-order valence-corrected chi connectivity index (χ4v) is 7.94. The Kier molecular flexibility index (Phi) is 7.42. The molecule has 5 nitrogen and oxygen atoms in total. The first kappa shape index (κ1) is 31.9. The van der Waals surface area contributed by atoms with Crippen LogP contribution in [-0.2, 0) is 0 Å². The van der Waals surface area contributed by atoms with Gasteiger partial charge in [0, 0.05) is 43.9 Å². The summed E-state index contributed by atoms with van der Waals surface area (Å²) < 4.78 is 9.17. The number of fused-ring (bicyclic) bond motifs is 7. The monoisotopic (exact) mass is 716 g/mol. The minimum Gasteiger partial charge on any atom is -0.454 e. The Labute approximate surface area is 322 Å². The second-order valence-corrected chi connectivity index (χ2v) is 14.0. The first-order chi connectivity index (χ1) is 27.7. The summed E-state index contributed by atoms with van der Waals surface area (Å²) in [5, 5.41) is 4.36. The second kappa shape index (κ2) is 13.0. The van der Waals surface area contributed by atoms with Gasteiger partial charge in [-0.1, -0.05) is 152 Å². The Bertz CT molecular complexity index is 3220. The van der Waals surface area contributed by atoms with Crippen LogP contribution in [-0.4, -0.2) is 19.5 Å². The number of benzene rings is 8. The van der Waals surface area contributed by atoms with Gasteiger partial charge in [-0.3, -0.25) is 0 Å². The Morgan fingerprint density at radius 1 is 0.339 bits per heavy atom. The van der Waals surface area contributed by atoms with Gasteiger partial charge in [0.2, 0.25) is 0 Å². The molecule has 0 N–H and O–H groups in total. The maximum absolute atomic E-state index is 6.82.